The number of alkyl halides is 1. The fourth-order valence-electron chi connectivity index (χ4n) is 1.58. The Balaban J connectivity index is 2.47. The highest BCUT2D eigenvalue weighted by atomic mass is 79.9. The SMILES string of the molecule is Brc1ccc(C(Br)c2cc(Br)ccc2Br)c(Br)c1. The molecule has 0 aliphatic rings. The molecule has 0 amide bonds. The molecule has 0 saturated carbocycles. The maximum Gasteiger partial charge on any atom is 0.0666 e. The van der Waals surface area contributed by atoms with Crippen molar-refractivity contribution in [2.75, 3.05) is 0 Å². The van der Waals surface area contributed by atoms with E-state index in [-0.39, 0.29) is 4.83 Å². The summed E-state index contributed by atoms with van der Waals surface area (Å²) in [6, 6.07) is 12.4. The van der Waals surface area contributed by atoms with Gasteiger partial charge in [0, 0.05) is 17.9 Å². The van der Waals surface area contributed by atoms with E-state index in [4.69, 9.17) is 0 Å². The highest BCUT2D eigenvalue weighted by Gasteiger charge is 2.16. The molecule has 0 saturated heterocycles. The minimum absolute atomic E-state index is 0.131. The fraction of sp³-hybridized carbons (Fsp3) is 0.0769. The molecular weight excluding hydrogens is 556 g/mol. The zero-order valence-electron chi connectivity index (χ0n) is 8.93. The maximum absolute atomic E-state index is 3.76. The lowest BCUT2D eigenvalue weighted by atomic mass is 10.1. The second-order valence-electron chi connectivity index (χ2n) is 3.69. The summed E-state index contributed by atoms with van der Waals surface area (Å²) in [7, 11) is 0. The Labute approximate surface area is 148 Å². The van der Waals surface area contributed by atoms with Gasteiger partial charge in [-0.05, 0) is 41.5 Å². The Morgan fingerprint density at radius 3 is 1.94 bits per heavy atom. The van der Waals surface area contributed by atoms with Crippen LogP contribution in [0.15, 0.2) is 54.3 Å². The zero-order chi connectivity index (χ0) is 13.3. The van der Waals surface area contributed by atoms with E-state index in [1.807, 2.05) is 18.2 Å². The first-order chi connectivity index (χ1) is 8.49. The normalized spacial score (nSPS) is 12.5. The van der Waals surface area contributed by atoms with Crippen LogP contribution in [0.4, 0.5) is 0 Å². The van der Waals surface area contributed by atoms with Crippen LogP contribution in [0.1, 0.15) is 16.0 Å². The van der Waals surface area contributed by atoms with Crippen molar-refractivity contribution in [1.29, 1.82) is 0 Å². The molecule has 0 N–H and O–H groups in total. The van der Waals surface area contributed by atoms with Gasteiger partial charge in [0.2, 0.25) is 0 Å². The lowest BCUT2D eigenvalue weighted by molar-refractivity contribution is 1.15. The summed E-state index contributed by atoms with van der Waals surface area (Å²) >= 11 is 17.9. The first-order valence-corrected chi connectivity index (χ1v) is 9.12. The van der Waals surface area contributed by atoms with E-state index in [0.717, 1.165) is 17.9 Å². The van der Waals surface area contributed by atoms with Crippen molar-refractivity contribution in [2.45, 2.75) is 4.83 Å². The van der Waals surface area contributed by atoms with E-state index in [2.05, 4.69) is 97.8 Å². The molecule has 0 radical (unpaired) electrons. The van der Waals surface area contributed by atoms with E-state index in [9.17, 15) is 0 Å². The van der Waals surface area contributed by atoms with Crippen LogP contribution in [-0.4, -0.2) is 0 Å². The van der Waals surface area contributed by atoms with E-state index >= 15 is 0 Å². The lowest BCUT2D eigenvalue weighted by Crippen LogP contribution is -1.95. The summed E-state index contributed by atoms with van der Waals surface area (Å²) in [6.07, 6.45) is 0. The molecule has 18 heavy (non-hydrogen) atoms. The van der Waals surface area contributed by atoms with E-state index in [1.54, 1.807) is 0 Å². The van der Waals surface area contributed by atoms with Crippen molar-refractivity contribution in [3.8, 4) is 0 Å². The van der Waals surface area contributed by atoms with Gasteiger partial charge in [0.05, 0.1) is 4.83 Å². The Bertz CT molecular complexity index is 580. The van der Waals surface area contributed by atoms with Gasteiger partial charge >= 0.3 is 0 Å². The number of hydrogen-bond acceptors (Lipinski definition) is 0. The average molecular weight is 563 g/mol. The van der Waals surface area contributed by atoms with E-state index < -0.39 is 0 Å². The third-order valence-electron chi connectivity index (χ3n) is 2.47. The van der Waals surface area contributed by atoms with Crippen LogP contribution in [0, 0.1) is 0 Å². The van der Waals surface area contributed by atoms with Crippen LogP contribution in [0.5, 0.6) is 0 Å². The van der Waals surface area contributed by atoms with Gasteiger partial charge in [-0.15, -0.1) is 0 Å². The summed E-state index contributed by atoms with van der Waals surface area (Å²) in [5.41, 5.74) is 2.38. The third-order valence-corrected chi connectivity index (χ3v) is 5.85. The summed E-state index contributed by atoms with van der Waals surface area (Å²) < 4.78 is 4.29. The number of benzene rings is 2. The van der Waals surface area contributed by atoms with Gasteiger partial charge < -0.3 is 0 Å². The molecule has 0 fully saturated rings. The van der Waals surface area contributed by atoms with Crippen molar-refractivity contribution in [1.82, 2.24) is 0 Å². The number of halogens is 5. The highest BCUT2D eigenvalue weighted by molar-refractivity contribution is 9.11. The Hall–Kier alpha value is 0.840. The second-order valence-corrected chi connectivity index (χ2v) is 8.15. The molecule has 0 nitrogen and oxygen atoms in total. The van der Waals surface area contributed by atoms with Gasteiger partial charge in [0.25, 0.3) is 0 Å². The molecule has 1 atom stereocenters. The van der Waals surface area contributed by atoms with Crippen LogP contribution in [0.2, 0.25) is 0 Å². The predicted molar refractivity (Wildman–Crippen MR) is 94.5 cm³/mol. The van der Waals surface area contributed by atoms with Crippen molar-refractivity contribution >= 4 is 79.6 Å². The van der Waals surface area contributed by atoms with Gasteiger partial charge in [0.15, 0.2) is 0 Å². The quantitative estimate of drug-likeness (QED) is 0.339. The van der Waals surface area contributed by atoms with Crippen molar-refractivity contribution in [2.24, 2.45) is 0 Å². The standard InChI is InChI=1S/C13H7Br5/c14-7-2-4-11(16)10(5-7)13(18)9-3-1-8(15)6-12(9)17/h1-6,13H. The summed E-state index contributed by atoms with van der Waals surface area (Å²) in [5, 5.41) is 0. The first kappa shape index (κ1) is 15.2. The Morgan fingerprint density at radius 1 is 0.667 bits per heavy atom. The molecule has 94 valence electrons. The minimum atomic E-state index is 0.131. The van der Waals surface area contributed by atoms with Crippen LogP contribution in [0.3, 0.4) is 0 Å². The van der Waals surface area contributed by atoms with Crippen LogP contribution < -0.4 is 0 Å². The van der Waals surface area contributed by atoms with E-state index in [1.165, 1.54) is 11.1 Å². The molecule has 2 aromatic carbocycles. The summed E-state index contributed by atoms with van der Waals surface area (Å²) in [4.78, 5) is 0.131. The molecular formula is C13H7Br5. The van der Waals surface area contributed by atoms with Gasteiger partial charge in [-0.3, -0.25) is 0 Å². The second kappa shape index (κ2) is 6.53. The monoisotopic (exact) mass is 558 g/mol. The smallest absolute Gasteiger partial charge is 0.0666 e. The number of rotatable bonds is 2. The van der Waals surface area contributed by atoms with Gasteiger partial charge in [-0.1, -0.05) is 85.7 Å². The van der Waals surface area contributed by atoms with Crippen molar-refractivity contribution < 1.29 is 0 Å². The zero-order valence-corrected chi connectivity index (χ0v) is 16.9. The third kappa shape index (κ3) is 3.48. The van der Waals surface area contributed by atoms with Crippen molar-refractivity contribution in [3.63, 3.8) is 0 Å². The molecule has 0 bridgehead atoms. The maximum atomic E-state index is 3.76. The molecule has 0 spiro atoms. The average Bonchev–Trinajstić information content (AvgIpc) is 2.31. The first-order valence-electron chi connectivity index (χ1n) is 5.03. The van der Waals surface area contributed by atoms with Gasteiger partial charge in [0.1, 0.15) is 0 Å². The van der Waals surface area contributed by atoms with E-state index in [0.29, 0.717) is 0 Å². The Morgan fingerprint density at radius 2 is 1.28 bits per heavy atom. The highest BCUT2D eigenvalue weighted by Crippen LogP contribution is 2.40. The molecule has 0 aliphatic carbocycles. The topological polar surface area (TPSA) is 0 Å². The van der Waals surface area contributed by atoms with Gasteiger partial charge in [-0.25, -0.2) is 0 Å². The molecule has 2 aromatic rings. The van der Waals surface area contributed by atoms with Crippen molar-refractivity contribution in [3.05, 3.63) is 65.4 Å². The molecule has 5 heteroatoms. The van der Waals surface area contributed by atoms with Crippen LogP contribution >= 0.6 is 79.6 Å². The van der Waals surface area contributed by atoms with Crippen LogP contribution in [-0.2, 0) is 0 Å². The molecule has 2 rings (SSSR count). The lowest BCUT2D eigenvalue weighted by Gasteiger charge is -2.15. The molecule has 0 heterocycles. The van der Waals surface area contributed by atoms with Gasteiger partial charge in [-0.2, -0.15) is 0 Å². The number of hydrogen-bond donors (Lipinski definition) is 0. The summed E-state index contributed by atoms with van der Waals surface area (Å²) in [5.74, 6) is 0. The largest absolute Gasteiger partial charge is 0.0786 e. The minimum Gasteiger partial charge on any atom is -0.0786 e. The Kier molecular flexibility index (Phi) is 5.52. The predicted octanol–water partition coefficient (Wildman–Crippen LogP) is 7.22. The molecule has 0 aliphatic heterocycles. The summed E-state index contributed by atoms with van der Waals surface area (Å²) in [6.45, 7) is 0. The molecule has 1 unspecified atom stereocenters. The van der Waals surface area contributed by atoms with Crippen LogP contribution in [0.25, 0.3) is 0 Å². The molecule has 0 aromatic heterocycles. The fourth-order valence-corrected chi connectivity index (χ4v) is 5.11.